The molecule has 23 heavy (non-hydrogen) atoms. The van der Waals surface area contributed by atoms with Gasteiger partial charge in [0.25, 0.3) is 5.91 Å². The Kier molecular flexibility index (Phi) is 4.59. The fourth-order valence-electron chi connectivity index (χ4n) is 2.44. The second kappa shape index (κ2) is 6.28. The molecule has 0 aliphatic carbocycles. The lowest BCUT2D eigenvalue weighted by Gasteiger charge is -2.21. The third kappa shape index (κ3) is 3.62. The van der Waals surface area contributed by atoms with Crippen LogP contribution < -0.4 is 5.32 Å². The molecular weight excluding hydrogens is 292 g/mol. The summed E-state index contributed by atoms with van der Waals surface area (Å²) in [5.74, 6) is -1.44. The zero-order valence-corrected chi connectivity index (χ0v) is 13.9. The highest BCUT2D eigenvalue weighted by atomic mass is 16.4. The van der Waals surface area contributed by atoms with Crippen LogP contribution in [0, 0.1) is 13.8 Å². The monoisotopic (exact) mass is 314 g/mol. The quantitative estimate of drug-likeness (QED) is 0.891. The Bertz CT molecular complexity index is 730. The predicted octanol–water partition coefficient (Wildman–Crippen LogP) is 2.75. The van der Waals surface area contributed by atoms with Crippen molar-refractivity contribution in [1.29, 1.82) is 0 Å². The largest absolute Gasteiger partial charge is 0.480 e. The fraction of sp³-hybridized carbons (Fsp3) is 0.333. The first-order valence-electron chi connectivity index (χ1n) is 7.49. The molecule has 0 atom stereocenters. The highest BCUT2D eigenvalue weighted by molar-refractivity contribution is 5.98. The van der Waals surface area contributed by atoms with Gasteiger partial charge in [0.1, 0.15) is 5.54 Å². The number of carboxylic acids is 1. The molecule has 1 aromatic heterocycles. The first-order valence-corrected chi connectivity index (χ1v) is 7.49. The maximum atomic E-state index is 12.4. The average Bonchev–Trinajstić information content (AvgIpc) is 2.76. The van der Waals surface area contributed by atoms with Crippen LogP contribution in [-0.2, 0) is 11.3 Å². The van der Waals surface area contributed by atoms with Crippen molar-refractivity contribution in [3.8, 4) is 0 Å². The molecule has 2 aromatic rings. The molecule has 2 rings (SSSR count). The Labute approximate surface area is 135 Å². The van der Waals surface area contributed by atoms with Crippen molar-refractivity contribution in [2.75, 3.05) is 0 Å². The summed E-state index contributed by atoms with van der Waals surface area (Å²) in [6.45, 7) is 7.43. The van der Waals surface area contributed by atoms with Gasteiger partial charge >= 0.3 is 5.97 Å². The van der Waals surface area contributed by atoms with E-state index in [0.717, 1.165) is 17.0 Å². The van der Waals surface area contributed by atoms with Crippen molar-refractivity contribution >= 4 is 11.9 Å². The number of hydrogen-bond donors (Lipinski definition) is 2. The van der Waals surface area contributed by atoms with Crippen molar-refractivity contribution in [3.63, 3.8) is 0 Å². The molecule has 0 bridgehead atoms. The van der Waals surface area contributed by atoms with Gasteiger partial charge in [-0.15, -0.1) is 0 Å². The van der Waals surface area contributed by atoms with Crippen LogP contribution in [0.5, 0.6) is 0 Å². The lowest BCUT2D eigenvalue weighted by molar-refractivity contribution is -0.143. The van der Waals surface area contributed by atoms with Crippen LogP contribution >= 0.6 is 0 Å². The summed E-state index contributed by atoms with van der Waals surface area (Å²) in [7, 11) is 0. The van der Waals surface area contributed by atoms with Crippen LogP contribution in [0.15, 0.2) is 36.4 Å². The minimum atomic E-state index is -1.31. The van der Waals surface area contributed by atoms with E-state index in [1.807, 2.05) is 44.2 Å². The van der Waals surface area contributed by atoms with E-state index in [9.17, 15) is 9.59 Å². The minimum Gasteiger partial charge on any atom is -0.480 e. The van der Waals surface area contributed by atoms with Crippen molar-refractivity contribution in [1.82, 2.24) is 9.88 Å². The first-order chi connectivity index (χ1) is 10.7. The molecule has 5 heteroatoms. The average molecular weight is 314 g/mol. The van der Waals surface area contributed by atoms with Gasteiger partial charge in [-0.2, -0.15) is 0 Å². The second-order valence-electron chi connectivity index (χ2n) is 6.24. The van der Waals surface area contributed by atoms with E-state index in [-0.39, 0.29) is 5.91 Å². The molecule has 0 fully saturated rings. The summed E-state index contributed by atoms with van der Waals surface area (Å²) in [4.78, 5) is 23.6. The molecule has 0 aliphatic heterocycles. The van der Waals surface area contributed by atoms with Gasteiger partial charge < -0.3 is 15.0 Å². The molecule has 5 nitrogen and oxygen atoms in total. The van der Waals surface area contributed by atoms with Gasteiger partial charge in [-0.3, -0.25) is 4.79 Å². The molecule has 1 aromatic carbocycles. The summed E-state index contributed by atoms with van der Waals surface area (Å²) in [5.41, 5.74) is 2.13. The topological polar surface area (TPSA) is 71.3 Å². The molecular formula is C18H22N2O3. The lowest BCUT2D eigenvalue weighted by Crippen LogP contribution is -2.49. The van der Waals surface area contributed by atoms with Crippen LogP contribution in [0.2, 0.25) is 0 Å². The third-order valence-electron chi connectivity index (χ3n) is 3.96. The Balaban J connectivity index is 2.27. The number of carboxylic acid groups (broad SMARTS) is 1. The van der Waals surface area contributed by atoms with E-state index in [0.29, 0.717) is 12.1 Å². The number of aliphatic carboxylic acids is 1. The molecule has 122 valence electrons. The molecule has 0 radical (unpaired) electrons. The number of rotatable bonds is 5. The maximum Gasteiger partial charge on any atom is 0.328 e. The molecule has 0 spiro atoms. The number of aromatic nitrogens is 1. The molecule has 0 saturated carbocycles. The van der Waals surface area contributed by atoms with E-state index >= 15 is 0 Å². The Hall–Kier alpha value is -2.56. The molecule has 0 unspecified atom stereocenters. The normalized spacial score (nSPS) is 11.3. The number of hydrogen-bond acceptors (Lipinski definition) is 2. The summed E-state index contributed by atoms with van der Waals surface area (Å²) >= 11 is 0. The number of carbonyl (C=O) groups excluding carboxylic acids is 1. The predicted molar refractivity (Wildman–Crippen MR) is 88.6 cm³/mol. The van der Waals surface area contributed by atoms with Gasteiger partial charge in [0.2, 0.25) is 0 Å². The van der Waals surface area contributed by atoms with Gasteiger partial charge in [-0.25, -0.2) is 4.79 Å². The molecule has 0 aliphatic rings. The van der Waals surface area contributed by atoms with Crippen molar-refractivity contribution in [2.45, 2.75) is 39.8 Å². The summed E-state index contributed by atoms with van der Waals surface area (Å²) in [5, 5.41) is 11.7. The third-order valence-corrected chi connectivity index (χ3v) is 3.96. The Morgan fingerprint density at radius 3 is 2.35 bits per heavy atom. The van der Waals surface area contributed by atoms with E-state index in [2.05, 4.69) is 9.88 Å². The fourth-order valence-corrected chi connectivity index (χ4v) is 2.44. The number of nitrogens with zero attached hydrogens (tertiary/aromatic N) is 1. The van der Waals surface area contributed by atoms with Crippen LogP contribution in [0.1, 0.15) is 41.2 Å². The van der Waals surface area contributed by atoms with E-state index in [4.69, 9.17) is 5.11 Å². The molecule has 1 heterocycles. The number of benzene rings is 1. The number of aryl methyl sites for hydroxylation is 1. The van der Waals surface area contributed by atoms with Gasteiger partial charge in [-0.1, -0.05) is 30.3 Å². The zero-order chi connectivity index (χ0) is 17.2. The smallest absolute Gasteiger partial charge is 0.328 e. The standard InChI is InChI=1S/C18H22N2O3/c1-12-10-15(16(21)19-18(3,4)17(22)23)13(2)20(12)11-14-8-6-5-7-9-14/h5-10H,11H2,1-4H3,(H,19,21)(H,22,23). The van der Waals surface area contributed by atoms with Crippen LogP contribution in [0.4, 0.5) is 0 Å². The Morgan fingerprint density at radius 2 is 1.78 bits per heavy atom. The van der Waals surface area contributed by atoms with Crippen LogP contribution in [0.25, 0.3) is 0 Å². The SMILES string of the molecule is Cc1cc(C(=O)NC(C)(C)C(=O)O)c(C)n1Cc1ccccc1. The van der Waals surface area contributed by atoms with Crippen molar-refractivity contribution in [2.24, 2.45) is 0 Å². The molecule has 0 saturated heterocycles. The molecule has 1 amide bonds. The van der Waals surface area contributed by atoms with E-state index in [1.165, 1.54) is 13.8 Å². The van der Waals surface area contributed by atoms with Gasteiger partial charge in [-0.05, 0) is 39.3 Å². The highest BCUT2D eigenvalue weighted by Crippen LogP contribution is 2.18. The Morgan fingerprint density at radius 1 is 1.17 bits per heavy atom. The van der Waals surface area contributed by atoms with Gasteiger partial charge in [0, 0.05) is 17.9 Å². The van der Waals surface area contributed by atoms with E-state index in [1.54, 1.807) is 6.07 Å². The summed E-state index contributed by atoms with van der Waals surface area (Å²) in [6, 6.07) is 11.8. The lowest BCUT2D eigenvalue weighted by atomic mass is 10.1. The highest BCUT2D eigenvalue weighted by Gasteiger charge is 2.30. The zero-order valence-electron chi connectivity index (χ0n) is 13.9. The maximum absolute atomic E-state index is 12.4. The second-order valence-corrected chi connectivity index (χ2v) is 6.24. The number of amides is 1. The van der Waals surface area contributed by atoms with Crippen LogP contribution in [-0.4, -0.2) is 27.1 Å². The summed E-state index contributed by atoms with van der Waals surface area (Å²) < 4.78 is 2.05. The van der Waals surface area contributed by atoms with Gasteiger partial charge in [0.15, 0.2) is 0 Å². The molecule has 2 N–H and O–H groups in total. The van der Waals surface area contributed by atoms with Crippen molar-refractivity contribution in [3.05, 3.63) is 58.9 Å². The van der Waals surface area contributed by atoms with E-state index < -0.39 is 11.5 Å². The van der Waals surface area contributed by atoms with Crippen molar-refractivity contribution < 1.29 is 14.7 Å². The number of carbonyl (C=O) groups is 2. The van der Waals surface area contributed by atoms with Crippen LogP contribution in [0.3, 0.4) is 0 Å². The van der Waals surface area contributed by atoms with Gasteiger partial charge in [0.05, 0.1) is 5.56 Å². The summed E-state index contributed by atoms with van der Waals surface area (Å²) in [6.07, 6.45) is 0. The number of nitrogens with one attached hydrogen (secondary N) is 1. The first kappa shape index (κ1) is 16.8. The minimum absolute atomic E-state index is 0.371.